The maximum Gasteiger partial charge on any atom is 0.336 e. The molecule has 7 aromatic heterocycles. The smallest absolute Gasteiger partial charge is 0.336 e. The van der Waals surface area contributed by atoms with Crippen molar-refractivity contribution < 1.29 is 32.3 Å². The summed E-state index contributed by atoms with van der Waals surface area (Å²) < 4.78 is 25.2. The molecular formula is C55H47N5O12. The fraction of sp³-hybridized carbons (Fsp3) is 0.109. The van der Waals surface area contributed by atoms with Crippen LogP contribution in [-0.4, -0.2) is 33.4 Å². The summed E-state index contributed by atoms with van der Waals surface area (Å²) in [7, 11) is 0. The average Bonchev–Trinajstić information content (AvgIpc) is 4.03. The van der Waals surface area contributed by atoms with Crippen molar-refractivity contribution >= 4 is 93.7 Å². The summed E-state index contributed by atoms with van der Waals surface area (Å²) >= 11 is 0. The molecular weight excluding hydrogens is 923 g/mol. The first kappa shape index (κ1) is 49.0. The fourth-order valence-electron chi connectivity index (χ4n) is 8.14. The third-order valence-electron chi connectivity index (χ3n) is 11.4. The van der Waals surface area contributed by atoms with Gasteiger partial charge in [0, 0.05) is 122 Å². The van der Waals surface area contributed by atoms with Crippen molar-refractivity contribution in [1.29, 1.82) is 0 Å². The average molecular weight is 970 g/mol. The van der Waals surface area contributed by atoms with E-state index in [0.717, 1.165) is 71.0 Å². The quantitative estimate of drug-likeness (QED) is 0.0644. The third kappa shape index (κ3) is 11.2. The molecule has 10 N–H and O–H groups in total. The molecule has 0 saturated carbocycles. The zero-order chi connectivity index (χ0) is 51.1. The monoisotopic (exact) mass is 969 g/mol. The molecule has 5 aromatic carbocycles. The van der Waals surface area contributed by atoms with Crippen LogP contribution in [-0.2, 0) is 12.8 Å². The molecule has 0 aliphatic heterocycles. The summed E-state index contributed by atoms with van der Waals surface area (Å²) in [4.78, 5) is 61.4. The van der Waals surface area contributed by atoms with Crippen molar-refractivity contribution in [3.63, 3.8) is 0 Å². The zero-order valence-electron chi connectivity index (χ0n) is 38.8. The number of benzene rings is 5. The molecule has 0 saturated heterocycles. The van der Waals surface area contributed by atoms with Crippen LogP contribution in [0.4, 0.5) is 17.1 Å². The summed E-state index contributed by atoms with van der Waals surface area (Å²) in [5, 5.41) is 24.4. The van der Waals surface area contributed by atoms with Gasteiger partial charge in [-0.1, -0.05) is 0 Å². The van der Waals surface area contributed by atoms with Gasteiger partial charge in [0.1, 0.15) is 27.9 Å². The highest BCUT2D eigenvalue weighted by Gasteiger charge is 2.11. The number of aliphatic hydroxyl groups is 2. The Morgan fingerprint density at radius 3 is 1.62 bits per heavy atom. The molecule has 364 valence electrons. The Morgan fingerprint density at radius 1 is 0.431 bits per heavy atom. The Hall–Kier alpha value is -9.45. The predicted molar refractivity (Wildman–Crippen MR) is 280 cm³/mol. The Bertz CT molecular complexity index is 4240. The number of hydrogen-bond donors (Lipinski definition) is 7. The standard InChI is InChI=1S/C12H13NO3.C12H9NO2.C11H11NO3.C11H7NO2.C9H7NO2/c1-7-6-11(15)16-10-3-2-9(13)8(4-5-14)12(7)10;1-7-6-11(14)15-10-3-2-9-8(12(7)10)4-5-13-9;12-9-5-8-1-2-11(14)15-10(8)6-7(9)3-4-13;13-11-2-1-8-5-9-7(3-4-12-9)6-10(8)14-11;10-7-2-3-8-6(5-7)1-4-9(11)12-8/h2-3,6,14H,4-5,13H2,1H3;2-6,13H,1H3;1-2,5-6,13H,3-4,12H2;1-6,12H;1-5H,10H2. The van der Waals surface area contributed by atoms with Gasteiger partial charge < -0.3 is 59.5 Å². The molecule has 12 rings (SSSR count). The van der Waals surface area contributed by atoms with Gasteiger partial charge in [0.25, 0.3) is 0 Å². The largest absolute Gasteiger partial charge is 0.423 e. The van der Waals surface area contributed by atoms with Crippen LogP contribution >= 0.6 is 0 Å². The molecule has 0 aliphatic carbocycles. The first-order chi connectivity index (χ1) is 34.7. The Morgan fingerprint density at radius 2 is 0.958 bits per heavy atom. The van der Waals surface area contributed by atoms with Gasteiger partial charge in [0.15, 0.2) is 0 Å². The van der Waals surface area contributed by atoms with E-state index in [-0.39, 0.29) is 41.3 Å². The molecule has 72 heavy (non-hydrogen) atoms. The lowest BCUT2D eigenvalue weighted by Crippen LogP contribution is -2.03. The summed E-state index contributed by atoms with van der Waals surface area (Å²) in [6.07, 6.45) is 4.66. The number of nitrogen functional groups attached to an aromatic ring is 3. The van der Waals surface area contributed by atoms with Crippen molar-refractivity contribution in [2.75, 3.05) is 30.4 Å². The fourth-order valence-corrected chi connectivity index (χ4v) is 8.14. The van der Waals surface area contributed by atoms with Crippen molar-refractivity contribution in [2.24, 2.45) is 0 Å². The minimum atomic E-state index is -0.387. The molecule has 17 nitrogen and oxygen atoms in total. The van der Waals surface area contributed by atoms with Crippen LogP contribution in [0.2, 0.25) is 0 Å². The molecule has 7 heterocycles. The molecule has 0 aliphatic rings. The van der Waals surface area contributed by atoms with Crippen LogP contribution < -0.4 is 45.3 Å². The number of aliphatic hydroxyl groups excluding tert-OH is 2. The SMILES string of the molecule is Cc1cc(=O)oc2ccc(N)c(CCO)c12.Cc1cc(=O)oc2ccc3[nH]ccc3c12.Nc1cc2ccc(=O)oc2cc1CCO.Nc1ccc2oc(=O)ccc2c1.O=c1ccc2cc3[nH]ccc3cc2o1. The van der Waals surface area contributed by atoms with E-state index in [4.69, 9.17) is 49.5 Å². The first-order valence-corrected chi connectivity index (χ1v) is 22.3. The number of anilines is 3. The highest BCUT2D eigenvalue weighted by Crippen LogP contribution is 2.28. The highest BCUT2D eigenvalue weighted by molar-refractivity contribution is 6.06. The number of rotatable bonds is 4. The van der Waals surface area contributed by atoms with E-state index in [2.05, 4.69) is 9.97 Å². The van der Waals surface area contributed by atoms with E-state index >= 15 is 0 Å². The first-order valence-electron chi connectivity index (χ1n) is 22.3. The van der Waals surface area contributed by atoms with Crippen molar-refractivity contribution in [2.45, 2.75) is 26.7 Å². The maximum absolute atomic E-state index is 11.2. The number of nitrogens with two attached hydrogens (primary N) is 3. The Labute approximate surface area is 406 Å². The topological polar surface area (TPSA) is 301 Å². The van der Waals surface area contributed by atoms with Gasteiger partial charge in [0.2, 0.25) is 0 Å². The van der Waals surface area contributed by atoms with E-state index in [1.54, 1.807) is 60.7 Å². The lowest BCUT2D eigenvalue weighted by atomic mass is 10.0. The molecule has 0 amide bonds. The van der Waals surface area contributed by atoms with Crippen LogP contribution in [0.1, 0.15) is 22.3 Å². The van der Waals surface area contributed by atoms with Crippen LogP contribution in [0.5, 0.6) is 0 Å². The van der Waals surface area contributed by atoms with Gasteiger partial charge in [-0.05, 0) is 146 Å². The third-order valence-corrected chi connectivity index (χ3v) is 11.4. The van der Waals surface area contributed by atoms with E-state index < -0.39 is 0 Å². The van der Waals surface area contributed by atoms with E-state index in [1.165, 1.54) is 30.3 Å². The normalized spacial score (nSPS) is 10.9. The lowest BCUT2D eigenvalue weighted by Gasteiger charge is -2.09. The molecule has 0 spiro atoms. The molecule has 12 aromatic rings. The highest BCUT2D eigenvalue weighted by atomic mass is 16.4. The minimum Gasteiger partial charge on any atom is -0.423 e. The molecule has 0 radical (unpaired) electrons. The van der Waals surface area contributed by atoms with Crippen LogP contribution in [0.15, 0.2) is 186 Å². The van der Waals surface area contributed by atoms with Crippen LogP contribution in [0.3, 0.4) is 0 Å². The summed E-state index contributed by atoms with van der Waals surface area (Å²) in [5.41, 5.74) is 25.7. The number of aromatic nitrogens is 2. The predicted octanol–water partition coefficient (Wildman–Crippen LogP) is 8.36. The summed E-state index contributed by atoms with van der Waals surface area (Å²) in [6, 6.07) is 35.7. The van der Waals surface area contributed by atoms with Crippen LogP contribution in [0, 0.1) is 13.8 Å². The second kappa shape index (κ2) is 21.5. The summed E-state index contributed by atoms with van der Waals surface area (Å²) in [5.74, 6) is 0. The number of hydrogen-bond acceptors (Lipinski definition) is 15. The van der Waals surface area contributed by atoms with Gasteiger partial charge in [-0.15, -0.1) is 0 Å². The van der Waals surface area contributed by atoms with Crippen molar-refractivity contribution in [1.82, 2.24) is 9.97 Å². The second-order valence-electron chi connectivity index (χ2n) is 16.4. The molecule has 0 atom stereocenters. The van der Waals surface area contributed by atoms with Gasteiger partial charge in [-0.3, -0.25) is 0 Å². The van der Waals surface area contributed by atoms with Gasteiger partial charge >= 0.3 is 28.1 Å². The number of nitrogens with one attached hydrogen (secondary N) is 2. The second-order valence-corrected chi connectivity index (χ2v) is 16.4. The number of fused-ring (bicyclic) bond motifs is 8. The number of H-pyrrole nitrogens is 2. The van der Waals surface area contributed by atoms with Crippen molar-refractivity contribution in [3.05, 3.63) is 214 Å². The molecule has 17 heteroatoms. The van der Waals surface area contributed by atoms with Gasteiger partial charge in [-0.25, -0.2) is 24.0 Å². The Balaban J connectivity index is 0.000000121. The molecule has 0 unspecified atom stereocenters. The van der Waals surface area contributed by atoms with E-state index in [9.17, 15) is 24.0 Å². The van der Waals surface area contributed by atoms with E-state index in [0.29, 0.717) is 57.8 Å². The Kier molecular flexibility index (Phi) is 14.6. The van der Waals surface area contributed by atoms with Crippen LogP contribution in [0.25, 0.3) is 76.7 Å². The lowest BCUT2D eigenvalue weighted by molar-refractivity contribution is 0.299. The van der Waals surface area contributed by atoms with Gasteiger partial charge in [0.05, 0.1) is 0 Å². The van der Waals surface area contributed by atoms with Crippen molar-refractivity contribution in [3.8, 4) is 0 Å². The van der Waals surface area contributed by atoms with Gasteiger partial charge in [-0.2, -0.15) is 0 Å². The number of aromatic amines is 2. The summed E-state index contributed by atoms with van der Waals surface area (Å²) in [6.45, 7) is 3.79. The molecule has 0 bridgehead atoms. The zero-order valence-corrected chi connectivity index (χ0v) is 38.8. The molecule has 0 fully saturated rings. The maximum atomic E-state index is 11.2. The van der Waals surface area contributed by atoms with E-state index in [1.807, 2.05) is 62.6 Å². The number of aryl methyl sites for hydroxylation is 2. The minimum absolute atomic E-state index is 0.0158.